The summed E-state index contributed by atoms with van der Waals surface area (Å²) >= 11 is 1.46. The molecule has 19 heavy (non-hydrogen) atoms. The molecule has 0 bridgehead atoms. The molecule has 0 aliphatic carbocycles. The van der Waals surface area contributed by atoms with Crippen LogP contribution >= 0.6 is 11.3 Å². The lowest BCUT2D eigenvalue weighted by molar-refractivity contribution is 0.0998. The Bertz CT molecular complexity index is 642. The fourth-order valence-electron chi connectivity index (χ4n) is 1.70. The lowest BCUT2D eigenvalue weighted by Gasteiger charge is -2.18. The van der Waals surface area contributed by atoms with Crippen molar-refractivity contribution in [3.8, 4) is 0 Å². The van der Waals surface area contributed by atoms with E-state index in [1.54, 1.807) is 0 Å². The molecule has 0 unspecified atom stereocenters. The van der Waals surface area contributed by atoms with Gasteiger partial charge in [-0.15, -0.1) is 11.3 Å². The van der Waals surface area contributed by atoms with E-state index in [0.29, 0.717) is 10.4 Å². The first-order valence-corrected chi connectivity index (χ1v) is 7.05. The Hall–Kier alpha value is -1.68. The van der Waals surface area contributed by atoms with E-state index in [1.807, 2.05) is 47.5 Å². The zero-order valence-electron chi connectivity index (χ0n) is 11.7. The van der Waals surface area contributed by atoms with Crippen LogP contribution in [-0.4, -0.2) is 10.5 Å². The van der Waals surface area contributed by atoms with E-state index in [0.717, 1.165) is 0 Å². The van der Waals surface area contributed by atoms with E-state index < -0.39 is 0 Å². The van der Waals surface area contributed by atoms with Crippen LogP contribution in [0, 0.1) is 0 Å². The van der Waals surface area contributed by atoms with Gasteiger partial charge < -0.3 is 4.57 Å². The molecule has 0 atom stereocenters. The normalized spacial score (nSPS) is 12.7. The minimum Gasteiger partial charge on any atom is -0.327 e. The second kappa shape index (κ2) is 5.13. The third kappa shape index (κ3) is 3.20. The number of hydrogen-bond donors (Lipinski definition) is 0. The van der Waals surface area contributed by atoms with Gasteiger partial charge >= 0.3 is 0 Å². The van der Waals surface area contributed by atoms with E-state index in [9.17, 15) is 4.79 Å². The Balaban J connectivity index is 2.29. The number of benzene rings is 1. The van der Waals surface area contributed by atoms with E-state index >= 15 is 0 Å². The van der Waals surface area contributed by atoms with Crippen molar-refractivity contribution in [2.24, 2.45) is 12.0 Å². The number of hydrogen-bond acceptors (Lipinski definition) is 2. The van der Waals surface area contributed by atoms with Crippen LogP contribution in [0.2, 0.25) is 0 Å². The highest BCUT2D eigenvalue weighted by atomic mass is 32.1. The highest BCUT2D eigenvalue weighted by Crippen LogP contribution is 2.22. The first kappa shape index (κ1) is 13.7. The summed E-state index contributed by atoms with van der Waals surface area (Å²) in [5.41, 5.74) is 1.94. The lowest BCUT2D eigenvalue weighted by Crippen LogP contribution is -2.13. The average Bonchev–Trinajstić information content (AvgIpc) is 2.74. The molecule has 0 aliphatic rings. The summed E-state index contributed by atoms with van der Waals surface area (Å²) in [6, 6.07) is 7.69. The summed E-state index contributed by atoms with van der Waals surface area (Å²) in [5, 5.41) is 1.91. The maximum Gasteiger partial charge on any atom is 0.279 e. The van der Waals surface area contributed by atoms with Gasteiger partial charge in [-0.2, -0.15) is 4.99 Å². The molecule has 1 amide bonds. The molecule has 0 saturated heterocycles. The van der Waals surface area contributed by atoms with Crippen molar-refractivity contribution in [3.05, 3.63) is 51.8 Å². The van der Waals surface area contributed by atoms with Gasteiger partial charge in [-0.05, 0) is 23.1 Å². The average molecular weight is 274 g/mol. The van der Waals surface area contributed by atoms with Crippen LogP contribution < -0.4 is 4.80 Å². The molecule has 2 rings (SSSR count). The quantitative estimate of drug-likeness (QED) is 0.786. The molecule has 0 radical (unpaired) electrons. The number of rotatable bonds is 1. The molecular formula is C15H18N2OS. The van der Waals surface area contributed by atoms with E-state index in [1.165, 1.54) is 16.9 Å². The van der Waals surface area contributed by atoms with Crippen LogP contribution in [0.25, 0.3) is 0 Å². The molecule has 3 nitrogen and oxygen atoms in total. The fraction of sp³-hybridized carbons (Fsp3) is 0.333. The summed E-state index contributed by atoms with van der Waals surface area (Å²) in [7, 11) is 1.88. The van der Waals surface area contributed by atoms with Crippen LogP contribution in [0.15, 0.2) is 40.8 Å². The minimum absolute atomic E-state index is 0.0961. The van der Waals surface area contributed by atoms with Gasteiger partial charge in [0.25, 0.3) is 5.91 Å². The SMILES string of the molecule is Cn1ccsc1=NC(=O)c1ccc(C(C)(C)C)cc1. The highest BCUT2D eigenvalue weighted by Gasteiger charge is 2.14. The molecule has 0 spiro atoms. The number of amides is 1. The van der Waals surface area contributed by atoms with Gasteiger partial charge in [0.15, 0.2) is 4.80 Å². The first-order chi connectivity index (χ1) is 8.88. The second-order valence-corrected chi connectivity index (χ2v) is 6.41. The summed E-state index contributed by atoms with van der Waals surface area (Å²) < 4.78 is 1.84. The molecule has 100 valence electrons. The van der Waals surface area contributed by atoms with Crippen LogP contribution in [0.1, 0.15) is 36.7 Å². The van der Waals surface area contributed by atoms with Crippen molar-refractivity contribution in [2.45, 2.75) is 26.2 Å². The highest BCUT2D eigenvalue weighted by molar-refractivity contribution is 7.07. The Labute approximate surface area is 117 Å². The van der Waals surface area contributed by atoms with Crippen molar-refractivity contribution in [1.29, 1.82) is 0 Å². The monoisotopic (exact) mass is 274 g/mol. The zero-order chi connectivity index (χ0) is 14.0. The number of aromatic nitrogens is 1. The predicted molar refractivity (Wildman–Crippen MR) is 78.3 cm³/mol. The van der Waals surface area contributed by atoms with E-state index in [4.69, 9.17) is 0 Å². The number of aryl methyl sites for hydroxylation is 1. The van der Waals surface area contributed by atoms with Gasteiger partial charge in [-0.25, -0.2) is 0 Å². The van der Waals surface area contributed by atoms with Gasteiger partial charge in [-0.1, -0.05) is 32.9 Å². The lowest BCUT2D eigenvalue weighted by atomic mass is 9.87. The first-order valence-electron chi connectivity index (χ1n) is 6.17. The molecule has 0 fully saturated rings. The van der Waals surface area contributed by atoms with Crippen LogP contribution in [0.5, 0.6) is 0 Å². The van der Waals surface area contributed by atoms with Gasteiger partial charge in [0.1, 0.15) is 0 Å². The van der Waals surface area contributed by atoms with Crippen molar-refractivity contribution in [3.63, 3.8) is 0 Å². The number of carbonyl (C=O) groups excluding carboxylic acids is 1. The van der Waals surface area contributed by atoms with E-state index in [-0.39, 0.29) is 11.3 Å². The second-order valence-electron chi connectivity index (χ2n) is 5.54. The standard InChI is InChI=1S/C15H18N2OS/c1-15(2,3)12-7-5-11(6-8-12)13(18)16-14-17(4)9-10-19-14/h5-10H,1-4H3. The molecule has 1 heterocycles. The van der Waals surface area contributed by atoms with Gasteiger partial charge in [0.05, 0.1) is 0 Å². The summed E-state index contributed by atoms with van der Waals surface area (Å²) in [6.07, 6.45) is 1.89. The number of nitrogens with zero attached hydrogens (tertiary/aromatic N) is 2. The predicted octanol–water partition coefficient (Wildman–Crippen LogP) is 3.13. The molecule has 0 aliphatic heterocycles. The topological polar surface area (TPSA) is 34.4 Å². The Morgan fingerprint density at radius 2 is 1.84 bits per heavy atom. The Kier molecular flexibility index (Phi) is 3.71. The van der Waals surface area contributed by atoms with Crippen molar-refractivity contribution >= 4 is 17.2 Å². The molecule has 0 N–H and O–H groups in total. The van der Waals surface area contributed by atoms with Crippen molar-refractivity contribution in [2.75, 3.05) is 0 Å². The van der Waals surface area contributed by atoms with Gasteiger partial charge in [0, 0.05) is 24.2 Å². The number of carbonyl (C=O) groups is 1. The summed E-state index contributed by atoms with van der Waals surface area (Å²) in [5.74, 6) is -0.196. The molecule has 1 aromatic heterocycles. The third-order valence-corrected chi connectivity index (χ3v) is 3.80. The molecule has 1 aromatic carbocycles. The third-order valence-electron chi connectivity index (χ3n) is 2.95. The number of thiazole rings is 1. The Morgan fingerprint density at radius 3 is 2.32 bits per heavy atom. The molecule has 2 aromatic rings. The summed E-state index contributed by atoms with van der Waals surface area (Å²) in [4.78, 5) is 16.9. The van der Waals surface area contributed by atoms with Crippen LogP contribution in [0.4, 0.5) is 0 Å². The molecule has 4 heteroatoms. The fourth-order valence-corrected chi connectivity index (χ4v) is 2.43. The van der Waals surface area contributed by atoms with Crippen molar-refractivity contribution in [1.82, 2.24) is 4.57 Å². The smallest absolute Gasteiger partial charge is 0.279 e. The van der Waals surface area contributed by atoms with Crippen LogP contribution in [0.3, 0.4) is 0 Å². The molecular weight excluding hydrogens is 256 g/mol. The van der Waals surface area contributed by atoms with E-state index in [2.05, 4.69) is 25.8 Å². The molecule has 0 saturated carbocycles. The maximum atomic E-state index is 12.1. The minimum atomic E-state index is -0.196. The Morgan fingerprint density at radius 1 is 1.21 bits per heavy atom. The zero-order valence-corrected chi connectivity index (χ0v) is 12.5. The van der Waals surface area contributed by atoms with Gasteiger partial charge in [0.2, 0.25) is 0 Å². The van der Waals surface area contributed by atoms with Crippen LogP contribution in [-0.2, 0) is 12.5 Å². The largest absolute Gasteiger partial charge is 0.327 e. The van der Waals surface area contributed by atoms with Crippen molar-refractivity contribution < 1.29 is 4.79 Å². The maximum absolute atomic E-state index is 12.1. The van der Waals surface area contributed by atoms with Gasteiger partial charge in [-0.3, -0.25) is 4.79 Å². The summed E-state index contributed by atoms with van der Waals surface area (Å²) in [6.45, 7) is 6.46.